The molecule has 0 saturated carbocycles. The number of ether oxygens (including phenoxy) is 1. The zero-order valence-electron chi connectivity index (χ0n) is 16.6. The van der Waals surface area contributed by atoms with Gasteiger partial charge in [0.1, 0.15) is 5.75 Å². The molecular formula is C24H25N3O2. The summed E-state index contributed by atoms with van der Waals surface area (Å²) >= 11 is 0. The van der Waals surface area contributed by atoms with Crippen LogP contribution in [0, 0.1) is 5.92 Å². The lowest BCUT2D eigenvalue weighted by molar-refractivity contribution is 0.113. The summed E-state index contributed by atoms with van der Waals surface area (Å²) in [7, 11) is 1.68. The van der Waals surface area contributed by atoms with E-state index >= 15 is 0 Å². The third-order valence-corrected chi connectivity index (χ3v) is 6.18. The fourth-order valence-corrected chi connectivity index (χ4v) is 4.98. The SMILES string of the molecule is COc1ccc(-c2ccc(=O)n3c2[C@H]2C[C@@H](CN(Cc4ccccn4)C2)C3)cc1. The van der Waals surface area contributed by atoms with Crippen LogP contribution >= 0.6 is 0 Å². The summed E-state index contributed by atoms with van der Waals surface area (Å²) in [5, 5.41) is 0. The van der Waals surface area contributed by atoms with Crippen molar-refractivity contribution in [1.29, 1.82) is 0 Å². The molecule has 2 aromatic heterocycles. The van der Waals surface area contributed by atoms with Crippen LogP contribution in [0.15, 0.2) is 65.6 Å². The van der Waals surface area contributed by atoms with Crippen LogP contribution in [-0.4, -0.2) is 34.7 Å². The summed E-state index contributed by atoms with van der Waals surface area (Å²) in [5.74, 6) is 1.71. The average molecular weight is 387 g/mol. The van der Waals surface area contributed by atoms with E-state index in [0.717, 1.165) is 55.2 Å². The van der Waals surface area contributed by atoms with Gasteiger partial charge in [-0.25, -0.2) is 0 Å². The number of methoxy groups -OCH3 is 1. The highest BCUT2D eigenvalue weighted by molar-refractivity contribution is 5.67. The summed E-state index contributed by atoms with van der Waals surface area (Å²) in [6, 6.07) is 17.9. The van der Waals surface area contributed by atoms with Crippen LogP contribution in [0.2, 0.25) is 0 Å². The Kier molecular flexibility index (Phi) is 4.68. The Morgan fingerprint density at radius 1 is 1.03 bits per heavy atom. The lowest BCUT2D eigenvalue weighted by Crippen LogP contribution is -2.47. The molecule has 0 radical (unpaired) electrons. The van der Waals surface area contributed by atoms with Gasteiger partial charge in [0, 0.05) is 55.6 Å². The van der Waals surface area contributed by atoms with Crippen molar-refractivity contribution in [3.8, 4) is 16.9 Å². The first-order valence-electron chi connectivity index (χ1n) is 10.2. The van der Waals surface area contributed by atoms with Gasteiger partial charge < -0.3 is 9.30 Å². The van der Waals surface area contributed by atoms with Gasteiger partial charge in [-0.3, -0.25) is 14.7 Å². The molecule has 5 heteroatoms. The first-order chi connectivity index (χ1) is 14.2. The van der Waals surface area contributed by atoms with E-state index in [9.17, 15) is 4.79 Å². The maximum atomic E-state index is 12.7. The molecule has 148 valence electrons. The highest BCUT2D eigenvalue weighted by Crippen LogP contribution is 2.40. The number of benzene rings is 1. The largest absolute Gasteiger partial charge is 0.497 e. The van der Waals surface area contributed by atoms with Crippen LogP contribution in [-0.2, 0) is 13.1 Å². The van der Waals surface area contributed by atoms with E-state index in [1.807, 2.05) is 41.1 Å². The molecule has 5 rings (SSSR count). The molecule has 29 heavy (non-hydrogen) atoms. The molecule has 2 bridgehead atoms. The van der Waals surface area contributed by atoms with Gasteiger partial charge in [0.05, 0.1) is 12.8 Å². The summed E-state index contributed by atoms with van der Waals surface area (Å²) in [6.07, 6.45) is 3.00. The van der Waals surface area contributed by atoms with Crippen molar-refractivity contribution in [2.45, 2.75) is 25.4 Å². The molecule has 0 spiro atoms. The summed E-state index contributed by atoms with van der Waals surface area (Å²) < 4.78 is 7.33. The van der Waals surface area contributed by atoms with E-state index in [1.54, 1.807) is 13.2 Å². The fraction of sp³-hybridized carbons (Fsp3) is 0.333. The number of hydrogen-bond donors (Lipinski definition) is 0. The Bertz CT molecular complexity index is 1060. The number of hydrogen-bond acceptors (Lipinski definition) is 4. The van der Waals surface area contributed by atoms with E-state index in [2.05, 4.69) is 28.1 Å². The Balaban J connectivity index is 1.50. The molecular weight excluding hydrogens is 362 g/mol. The van der Waals surface area contributed by atoms with Crippen molar-refractivity contribution in [2.75, 3.05) is 20.2 Å². The Morgan fingerprint density at radius 2 is 1.90 bits per heavy atom. The Labute approximate surface area is 170 Å². The predicted molar refractivity (Wildman–Crippen MR) is 113 cm³/mol. The molecule has 3 aromatic rings. The molecule has 2 aliphatic rings. The smallest absolute Gasteiger partial charge is 0.250 e. The number of rotatable bonds is 4. The molecule has 1 saturated heterocycles. The second kappa shape index (κ2) is 7.48. The zero-order valence-corrected chi connectivity index (χ0v) is 16.6. The first kappa shape index (κ1) is 18.1. The quantitative estimate of drug-likeness (QED) is 0.687. The molecule has 0 amide bonds. The van der Waals surface area contributed by atoms with Gasteiger partial charge in [-0.15, -0.1) is 0 Å². The zero-order chi connectivity index (χ0) is 19.8. The minimum Gasteiger partial charge on any atom is -0.497 e. The van der Waals surface area contributed by atoms with Gasteiger partial charge in [-0.1, -0.05) is 18.2 Å². The molecule has 2 atom stereocenters. The Morgan fingerprint density at radius 3 is 2.66 bits per heavy atom. The van der Waals surface area contributed by atoms with Gasteiger partial charge in [0.25, 0.3) is 5.56 Å². The van der Waals surface area contributed by atoms with Crippen molar-refractivity contribution in [1.82, 2.24) is 14.5 Å². The monoisotopic (exact) mass is 387 g/mol. The van der Waals surface area contributed by atoms with Gasteiger partial charge in [0.15, 0.2) is 0 Å². The van der Waals surface area contributed by atoms with E-state index in [4.69, 9.17) is 4.74 Å². The normalized spacial score (nSPS) is 20.9. The number of nitrogens with zero attached hydrogens (tertiary/aromatic N) is 3. The minimum absolute atomic E-state index is 0.116. The van der Waals surface area contributed by atoms with E-state index in [-0.39, 0.29) is 5.56 Å². The van der Waals surface area contributed by atoms with Crippen LogP contribution in [0.25, 0.3) is 11.1 Å². The lowest BCUT2D eigenvalue weighted by atomic mass is 9.80. The van der Waals surface area contributed by atoms with Crippen LogP contribution in [0.3, 0.4) is 0 Å². The van der Waals surface area contributed by atoms with E-state index in [1.165, 1.54) is 5.69 Å². The van der Waals surface area contributed by atoms with Crippen molar-refractivity contribution in [3.63, 3.8) is 0 Å². The van der Waals surface area contributed by atoms with E-state index in [0.29, 0.717) is 11.8 Å². The second-order valence-electron chi connectivity index (χ2n) is 8.12. The predicted octanol–water partition coefficient (Wildman–Crippen LogP) is 3.54. The second-order valence-corrected chi connectivity index (χ2v) is 8.12. The number of pyridine rings is 2. The van der Waals surface area contributed by atoms with Crippen molar-refractivity contribution < 1.29 is 4.74 Å². The molecule has 1 aromatic carbocycles. The third kappa shape index (κ3) is 3.47. The van der Waals surface area contributed by atoms with Gasteiger partial charge in [-0.05, 0) is 48.2 Å². The van der Waals surface area contributed by atoms with Gasteiger partial charge in [-0.2, -0.15) is 0 Å². The van der Waals surface area contributed by atoms with Gasteiger partial charge in [0.2, 0.25) is 0 Å². The Hall–Kier alpha value is -2.92. The summed E-state index contributed by atoms with van der Waals surface area (Å²) in [6.45, 7) is 3.64. The number of piperidine rings is 1. The molecule has 1 fully saturated rings. The third-order valence-electron chi connectivity index (χ3n) is 6.18. The molecule has 2 aliphatic heterocycles. The lowest BCUT2D eigenvalue weighted by Gasteiger charge is -2.43. The van der Waals surface area contributed by atoms with Crippen LogP contribution in [0.1, 0.15) is 23.7 Å². The van der Waals surface area contributed by atoms with Crippen molar-refractivity contribution in [2.24, 2.45) is 5.92 Å². The van der Waals surface area contributed by atoms with Crippen molar-refractivity contribution in [3.05, 3.63) is 82.5 Å². The van der Waals surface area contributed by atoms with Crippen LogP contribution in [0.5, 0.6) is 5.75 Å². The molecule has 0 unspecified atom stereocenters. The fourth-order valence-electron chi connectivity index (χ4n) is 4.98. The highest BCUT2D eigenvalue weighted by atomic mass is 16.5. The molecule has 4 heterocycles. The van der Waals surface area contributed by atoms with Crippen molar-refractivity contribution >= 4 is 0 Å². The molecule has 0 aliphatic carbocycles. The number of aromatic nitrogens is 2. The topological polar surface area (TPSA) is 47.4 Å². The number of fused-ring (bicyclic) bond motifs is 4. The maximum absolute atomic E-state index is 12.7. The highest BCUT2D eigenvalue weighted by Gasteiger charge is 2.36. The summed E-state index contributed by atoms with van der Waals surface area (Å²) in [5.41, 5.74) is 4.70. The van der Waals surface area contributed by atoms with Crippen LogP contribution in [0.4, 0.5) is 0 Å². The summed E-state index contributed by atoms with van der Waals surface area (Å²) in [4.78, 5) is 19.7. The number of likely N-dealkylation sites (tertiary alicyclic amines) is 1. The molecule has 5 nitrogen and oxygen atoms in total. The van der Waals surface area contributed by atoms with Crippen LogP contribution < -0.4 is 10.3 Å². The average Bonchev–Trinajstić information content (AvgIpc) is 2.75. The maximum Gasteiger partial charge on any atom is 0.250 e. The standard InChI is InChI=1S/C24H25N3O2/c1-29-21-7-5-18(6-8-21)22-9-10-23(28)27-14-17-12-19(24(22)27)15-26(13-17)16-20-4-2-3-11-25-20/h2-11,17,19H,12-16H2,1H3/t17-,19-/m0/s1. The first-order valence-corrected chi connectivity index (χ1v) is 10.2. The van der Waals surface area contributed by atoms with Gasteiger partial charge >= 0.3 is 0 Å². The van der Waals surface area contributed by atoms with E-state index < -0.39 is 0 Å². The minimum atomic E-state index is 0.116. The molecule has 0 N–H and O–H groups in total.